The van der Waals surface area contributed by atoms with Crippen LogP contribution in [0.4, 0.5) is 15.5 Å². The lowest BCUT2D eigenvalue weighted by Gasteiger charge is -2.25. The highest BCUT2D eigenvalue weighted by Crippen LogP contribution is 2.37. The van der Waals surface area contributed by atoms with Crippen LogP contribution in [0.25, 0.3) is 0 Å². The maximum Gasteiger partial charge on any atom is 0.410 e. The number of amides is 4. The second-order valence-corrected chi connectivity index (χ2v) is 8.42. The van der Waals surface area contributed by atoms with Crippen LogP contribution in [0.15, 0.2) is 24.3 Å². The van der Waals surface area contributed by atoms with Gasteiger partial charge in [-0.3, -0.25) is 19.3 Å². The average molecular weight is 452 g/mol. The van der Waals surface area contributed by atoms with Gasteiger partial charge in [-0.1, -0.05) is 6.07 Å². The van der Waals surface area contributed by atoms with E-state index in [2.05, 4.69) is 11.4 Å². The van der Waals surface area contributed by atoms with E-state index in [9.17, 15) is 24.4 Å². The third-order valence-electron chi connectivity index (χ3n) is 5.34. The van der Waals surface area contributed by atoms with Crippen molar-refractivity contribution in [3.05, 3.63) is 45.8 Å². The number of rotatable bonds is 4. The van der Waals surface area contributed by atoms with E-state index < -0.39 is 12.0 Å². The van der Waals surface area contributed by atoms with Crippen LogP contribution in [0.5, 0.6) is 0 Å². The molecule has 1 aromatic heterocycles. The van der Waals surface area contributed by atoms with Crippen molar-refractivity contribution in [3.63, 3.8) is 0 Å². The first-order valence-corrected chi connectivity index (χ1v) is 11.0. The SMILES string of the molecule is CCOC(=O)N1CCc2c(sc(NC(=O)c3cccc(N4C(=O)CCC4=O)c3)c2C#N)C1. The van der Waals surface area contributed by atoms with Crippen molar-refractivity contribution in [2.24, 2.45) is 0 Å². The lowest BCUT2D eigenvalue weighted by atomic mass is 10.0. The molecule has 2 aliphatic heterocycles. The van der Waals surface area contributed by atoms with Gasteiger partial charge in [0.2, 0.25) is 11.8 Å². The van der Waals surface area contributed by atoms with Gasteiger partial charge >= 0.3 is 6.09 Å². The van der Waals surface area contributed by atoms with Gasteiger partial charge in [0.15, 0.2) is 0 Å². The van der Waals surface area contributed by atoms with Gasteiger partial charge in [-0.2, -0.15) is 5.26 Å². The van der Waals surface area contributed by atoms with Gasteiger partial charge in [0.25, 0.3) is 5.91 Å². The lowest BCUT2D eigenvalue weighted by molar-refractivity contribution is -0.121. The van der Waals surface area contributed by atoms with Crippen LogP contribution >= 0.6 is 11.3 Å². The zero-order valence-electron chi connectivity index (χ0n) is 17.3. The summed E-state index contributed by atoms with van der Waals surface area (Å²) in [7, 11) is 0. The molecule has 0 saturated carbocycles. The Morgan fingerprint density at radius 3 is 2.66 bits per heavy atom. The maximum atomic E-state index is 12.9. The summed E-state index contributed by atoms with van der Waals surface area (Å²) in [4.78, 5) is 52.4. The fourth-order valence-corrected chi connectivity index (χ4v) is 5.02. The summed E-state index contributed by atoms with van der Waals surface area (Å²) in [5, 5.41) is 12.9. The van der Waals surface area contributed by atoms with E-state index in [1.54, 1.807) is 30.0 Å². The Bertz CT molecular complexity index is 1150. The van der Waals surface area contributed by atoms with Crippen LogP contribution in [-0.4, -0.2) is 41.9 Å². The van der Waals surface area contributed by atoms with Crippen LogP contribution in [0.3, 0.4) is 0 Å². The topological polar surface area (TPSA) is 120 Å². The zero-order chi connectivity index (χ0) is 22.8. The highest BCUT2D eigenvalue weighted by Gasteiger charge is 2.31. The Labute approximate surface area is 188 Å². The largest absolute Gasteiger partial charge is 0.450 e. The zero-order valence-corrected chi connectivity index (χ0v) is 18.2. The molecule has 3 heterocycles. The van der Waals surface area contributed by atoms with Crippen molar-refractivity contribution in [1.82, 2.24) is 4.90 Å². The number of hydrogen-bond donors (Lipinski definition) is 1. The minimum absolute atomic E-state index is 0.157. The Kier molecular flexibility index (Phi) is 5.92. The molecule has 1 saturated heterocycles. The standard InChI is InChI=1S/C22H20N4O5S/c1-2-31-22(30)25-9-8-15-16(11-23)21(32-17(15)12-25)24-20(29)13-4-3-5-14(10-13)26-18(27)6-7-19(26)28/h3-5,10H,2,6-9,12H2,1H3,(H,24,29). The Hall–Kier alpha value is -3.71. The minimum Gasteiger partial charge on any atom is -0.450 e. The summed E-state index contributed by atoms with van der Waals surface area (Å²) < 4.78 is 5.06. The summed E-state index contributed by atoms with van der Waals surface area (Å²) >= 11 is 1.26. The van der Waals surface area contributed by atoms with E-state index in [1.807, 2.05) is 0 Å². The number of benzene rings is 1. The van der Waals surface area contributed by atoms with E-state index in [4.69, 9.17) is 4.74 Å². The second-order valence-electron chi connectivity index (χ2n) is 7.32. The number of hydrogen-bond acceptors (Lipinski definition) is 7. The number of nitrogens with zero attached hydrogens (tertiary/aromatic N) is 3. The van der Waals surface area contributed by atoms with Gasteiger partial charge in [0.1, 0.15) is 11.1 Å². The van der Waals surface area contributed by atoms with Crippen molar-refractivity contribution in [1.29, 1.82) is 5.26 Å². The molecule has 32 heavy (non-hydrogen) atoms. The first-order valence-electron chi connectivity index (χ1n) is 10.2. The first-order chi connectivity index (χ1) is 15.4. The Balaban J connectivity index is 1.55. The molecule has 1 fully saturated rings. The molecule has 1 aromatic carbocycles. The van der Waals surface area contributed by atoms with E-state index >= 15 is 0 Å². The molecule has 0 spiro atoms. The fraction of sp³-hybridized carbons (Fsp3) is 0.318. The molecule has 0 atom stereocenters. The summed E-state index contributed by atoms with van der Waals surface area (Å²) in [5.41, 5.74) is 1.83. The second kappa shape index (κ2) is 8.80. The summed E-state index contributed by atoms with van der Waals surface area (Å²) in [6.45, 7) is 2.78. The minimum atomic E-state index is -0.455. The molecule has 0 bridgehead atoms. The molecule has 4 amide bonds. The van der Waals surface area contributed by atoms with Gasteiger partial charge in [0, 0.05) is 29.8 Å². The van der Waals surface area contributed by atoms with Gasteiger partial charge in [-0.05, 0) is 37.1 Å². The molecule has 10 heteroatoms. The van der Waals surface area contributed by atoms with Crippen molar-refractivity contribution < 1.29 is 23.9 Å². The molecule has 2 aromatic rings. The summed E-state index contributed by atoms with van der Waals surface area (Å²) in [6.07, 6.45) is 0.408. The number of carbonyl (C=O) groups is 4. The number of nitriles is 1. The molecular weight excluding hydrogens is 432 g/mol. The van der Waals surface area contributed by atoms with Crippen LogP contribution in [-0.2, 0) is 27.3 Å². The van der Waals surface area contributed by atoms with Crippen LogP contribution in [0, 0.1) is 11.3 Å². The molecular formula is C22H20N4O5S. The molecule has 9 nitrogen and oxygen atoms in total. The number of imide groups is 1. The molecule has 0 unspecified atom stereocenters. The van der Waals surface area contributed by atoms with Gasteiger partial charge in [-0.25, -0.2) is 4.79 Å². The number of anilines is 2. The summed E-state index contributed by atoms with van der Waals surface area (Å²) in [6, 6.07) is 8.43. The van der Waals surface area contributed by atoms with Crippen LogP contribution in [0.2, 0.25) is 0 Å². The van der Waals surface area contributed by atoms with Crippen molar-refractivity contribution in [2.45, 2.75) is 32.7 Å². The van der Waals surface area contributed by atoms with Crippen LogP contribution < -0.4 is 10.2 Å². The predicted octanol–water partition coefficient (Wildman–Crippen LogP) is 3.04. The van der Waals surface area contributed by atoms with E-state index in [0.717, 1.165) is 15.3 Å². The molecule has 0 radical (unpaired) electrons. The first kappa shape index (κ1) is 21.5. The number of ether oxygens (including phenoxy) is 1. The highest BCUT2D eigenvalue weighted by atomic mass is 32.1. The monoisotopic (exact) mass is 452 g/mol. The third kappa shape index (κ3) is 3.94. The predicted molar refractivity (Wildman–Crippen MR) is 116 cm³/mol. The third-order valence-corrected chi connectivity index (χ3v) is 6.47. The smallest absolute Gasteiger partial charge is 0.410 e. The number of nitrogens with one attached hydrogen (secondary N) is 1. The molecule has 1 N–H and O–H groups in total. The maximum absolute atomic E-state index is 12.9. The normalized spacial score (nSPS) is 15.4. The molecule has 4 rings (SSSR count). The number of fused-ring (bicyclic) bond motifs is 1. The van der Waals surface area contributed by atoms with Crippen molar-refractivity contribution in [2.75, 3.05) is 23.4 Å². The van der Waals surface area contributed by atoms with Gasteiger partial charge in [0.05, 0.1) is 24.4 Å². The van der Waals surface area contributed by atoms with E-state index in [-0.39, 0.29) is 36.8 Å². The lowest BCUT2D eigenvalue weighted by Crippen LogP contribution is -2.35. The highest BCUT2D eigenvalue weighted by molar-refractivity contribution is 7.16. The van der Waals surface area contributed by atoms with Gasteiger partial charge in [-0.15, -0.1) is 11.3 Å². The molecule has 164 valence electrons. The average Bonchev–Trinajstić information content (AvgIpc) is 3.31. The quantitative estimate of drug-likeness (QED) is 0.712. The van der Waals surface area contributed by atoms with Crippen molar-refractivity contribution >= 4 is 45.8 Å². The van der Waals surface area contributed by atoms with E-state index in [0.29, 0.717) is 35.8 Å². The Morgan fingerprint density at radius 2 is 1.97 bits per heavy atom. The van der Waals surface area contributed by atoms with Crippen molar-refractivity contribution in [3.8, 4) is 6.07 Å². The van der Waals surface area contributed by atoms with E-state index in [1.165, 1.54) is 17.4 Å². The molecule has 2 aliphatic rings. The van der Waals surface area contributed by atoms with Crippen LogP contribution in [0.1, 0.15) is 46.1 Å². The number of thiophene rings is 1. The van der Waals surface area contributed by atoms with Gasteiger partial charge < -0.3 is 15.0 Å². The number of carbonyl (C=O) groups excluding carboxylic acids is 4. The Morgan fingerprint density at radius 1 is 1.22 bits per heavy atom. The molecule has 0 aliphatic carbocycles. The summed E-state index contributed by atoms with van der Waals surface area (Å²) in [5.74, 6) is -1.05. The fourth-order valence-electron chi connectivity index (χ4n) is 3.81.